The molecule has 0 saturated carbocycles. The van der Waals surface area contributed by atoms with Gasteiger partial charge in [0.05, 0.1) is 27.8 Å². The van der Waals surface area contributed by atoms with Crippen LogP contribution in [-0.2, 0) is 0 Å². The van der Waals surface area contributed by atoms with Gasteiger partial charge in [-0.15, -0.1) is 11.3 Å². The van der Waals surface area contributed by atoms with E-state index in [2.05, 4.69) is 132 Å². The van der Waals surface area contributed by atoms with E-state index < -0.39 is 0 Å². The topological polar surface area (TPSA) is 30.7 Å². The molecule has 0 amide bonds. The van der Waals surface area contributed by atoms with Crippen LogP contribution in [0.1, 0.15) is 0 Å². The average Bonchev–Trinajstić information content (AvgIpc) is 3.64. The molecule has 4 heteroatoms. The van der Waals surface area contributed by atoms with E-state index in [0.29, 0.717) is 0 Å². The fourth-order valence-corrected chi connectivity index (χ4v) is 8.33. The van der Waals surface area contributed by atoms with E-state index >= 15 is 0 Å². The maximum absolute atomic E-state index is 5.24. The van der Waals surface area contributed by atoms with Gasteiger partial charge in [-0.1, -0.05) is 84.9 Å². The molecule has 0 aliphatic carbocycles. The molecule has 44 heavy (non-hydrogen) atoms. The maximum atomic E-state index is 5.24. The number of hydrogen-bond acceptors (Lipinski definition) is 3. The minimum atomic E-state index is 0.964. The van der Waals surface area contributed by atoms with Crippen LogP contribution in [0.25, 0.3) is 91.5 Å². The van der Waals surface area contributed by atoms with Gasteiger partial charge in [-0.3, -0.25) is 4.98 Å². The normalized spacial score (nSPS) is 12.1. The Morgan fingerprint density at radius 1 is 0.477 bits per heavy atom. The minimum Gasteiger partial charge on any atom is -0.309 e. The molecule has 0 saturated heterocycles. The Labute approximate surface area is 256 Å². The van der Waals surface area contributed by atoms with Crippen molar-refractivity contribution in [3.63, 3.8) is 0 Å². The fraction of sp³-hybridized carbons (Fsp3) is 0. The largest absolute Gasteiger partial charge is 0.309 e. The standard InChI is InChI=1S/C40H23N3S/c1-2-10-29-27(9-1)38-28(12-7-23-41-38)30-19-21-33(42-39(29)30)24-15-17-25(18-16-24)43-34-13-5-3-11-32(34)37-35(43)22-20-31-26-8-4-6-14-36(26)44-40(31)37/h1-23H. The summed E-state index contributed by atoms with van der Waals surface area (Å²) in [5, 5.41) is 9.80. The molecule has 4 aromatic heterocycles. The van der Waals surface area contributed by atoms with E-state index in [4.69, 9.17) is 9.97 Å². The van der Waals surface area contributed by atoms with Gasteiger partial charge >= 0.3 is 0 Å². The van der Waals surface area contributed by atoms with Gasteiger partial charge in [-0.25, -0.2) is 4.98 Å². The summed E-state index contributed by atoms with van der Waals surface area (Å²) in [5.74, 6) is 0. The molecule has 204 valence electrons. The summed E-state index contributed by atoms with van der Waals surface area (Å²) in [7, 11) is 0. The van der Waals surface area contributed by atoms with Crippen LogP contribution in [0.2, 0.25) is 0 Å². The fourth-order valence-electron chi connectivity index (χ4n) is 7.07. The van der Waals surface area contributed by atoms with Gasteiger partial charge in [0.1, 0.15) is 0 Å². The summed E-state index contributed by atoms with van der Waals surface area (Å²) in [5.41, 5.74) is 7.69. The van der Waals surface area contributed by atoms with Crippen LogP contribution >= 0.6 is 11.3 Å². The number of rotatable bonds is 2. The van der Waals surface area contributed by atoms with Crippen molar-refractivity contribution < 1.29 is 0 Å². The van der Waals surface area contributed by atoms with Gasteiger partial charge in [0, 0.05) is 69.9 Å². The monoisotopic (exact) mass is 577 g/mol. The molecule has 0 aliphatic rings. The van der Waals surface area contributed by atoms with E-state index in [1.165, 1.54) is 42.0 Å². The molecule has 0 radical (unpaired) electrons. The Bertz CT molecular complexity index is 2730. The number of benzene rings is 6. The molecule has 0 aliphatic heterocycles. The molecule has 0 atom stereocenters. The summed E-state index contributed by atoms with van der Waals surface area (Å²) in [6.45, 7) is 0. The lowest BCUT2D eigenvalue weighted by Crippen LogP contribution is -1.94. The van der Waals surface area contributed by atoms with Crippen molar-refractivity contribution in [1.29, 1.82) is 0 Å². The first-order chi connectivity index (χ1) is 21.8. The predicted octanol–water partition coefficient (Wildman–Crippen LogP) is 11.1. The van der Waals surface area contributed by atoms with Gasteiger partial charge in [0.2, 0.25) is 0 Å². The Morgan fingerprint density at radius 3 is 1.98 bits per heavy atom. The Kier molecular flexibility index (Phi) is 4.87. The van der Waals surface area contributed by atoms with Crippen molar-refractivity contribution in [2.45, 2.75) is 0 Å². The molecule has 10 aromatic rings. The molecule has 6 aromatic carbocycles. The lowest BCUT2D eigenvalue weighted by atomic mass is 9.99. The molecule has 3 nitrogen and oxygen atoms in total. The first-order valence-corrected chi connectivity index (χ1v) is 15.7. The Morgan fingerprint density at radius 2 is 1.14 bits per heavy atom. The third kappa shape index (κ3) is 3.26. The van der Waals surface area contributed by atoms with E-state index in [1.807, 2.05) is 23.6 Å². The molecule has 10 rings (SSSR count). The van der Waals surface area contributed by atoms with Crippen LogP contribution in [-0.4, -0.2) is 14.5 Å². The molecule has 0 bridgehead atoms. The summed E-state index contributed by atoms with van der Waals surface area (Å²) in [6.07, 6.45) is 1.87. The number of hydrogen-bond donors (Lipinski definition) is 0. The molecule has 0 N–H and O–H groups in total. The van der Waals surface area contributed by atoms with Crippen LogP contribution < -0.4 is 0 Å². The highest BCUT2D eigenvalue weighted by Crippen LogP contribution is 2.43. The van der Waals surface area contributed by atoms with E-state index in [-0.39, 0.29) is 0 Å². The molecule has 0 spiro atoms. The number of para-hydroxylation sites is 1. The highest BCUT2D eigenvalue weighted by Gasteiger charge is 2.17. The van der Waals surface area contributed by atoms with Crippen LogP contribution in [0.5, 0.6) is 0 Å². The number of aromatic nitrogens is 3. The zero-order valence-electron chi connectivity index (χ0n) is 23.5. The van der Waals surface area contributed by atoms with Crippen molar-refractivity contribution in [3.8, 4) is 16.9 Å². The Hall–Kier alpha value is -5.58. The second-order valence-corrected chi connectivity index (χ2v) is 12.4. The van der Waals surface area contributed by atoms with Crippen LogP contribution in [0.4, 0.5) is 0 Å². The van der Waals surface area contributed by atoms with Gasteiger partial charge < -0.3 is 4.57 Å². The second kappa shape index (κ2) is 8.96. The predicted molar refractivity (Wildman–Crippen MR) is 187 cm³/mol. The SMILES string of the molecule is c1ccc2c(c1)sc1c2ccc2c1c1ccccc1n2-c1ccc(-c2ccc3c4cccnc4c4ccccc4c3n2)cc1. The highest BCUT2D eigenvalue weighted by molar-refractivity contribution is 7.26. The first kappa shape index (κ1) is 23.9. The average molecular weight is 578 g/mol. The molecule has 4 heterocycles. The number of pyridine rings is 2. The van der Waals surface area contributed by atoms with Gasteiger partial charge in [0.25, 0.3) is 0 Å². The van der Waals surface area contributed by atoms with Gasteiger partial charge in [-0.2, -0.15) is 0 Å². The van der Waals surface area contributed by atoms with Crippen LogP contribution in [0.3, 0.4) is 0 Å². The molecule has 0 fully saturated rings. The third-order valence-electron chi connectivity index (χ3n) is 9.03. The van der Waals surface area contributed by atoms with Crippen molar-refractivity contribution in [2.24, 2.45) is 0 Å². The van der Waals surface area contributed by atoms with E-state index in [1.54, 1.807) is 0 Å². The smallest absolute Gasteiger partial charge is 0.0795 e. The maximum Gasteiger partial charge on any atom is 0.0795 e. The molecule has 0 unspecified atom stereocenters. The summed E-state index contributed by atoms with van der Waals surface area (Å²) in [4.78, 5) is 9.95. The van der Waals surface area contributed by atoms with Crippen molar-refractivity contribution in [2.75, 3.05) is 0 Å². The molecular formula is C40H23N3S. The van der Waals surface area contributed by atoms with E-state index in [9.17, 15) is 0 Å². The number of nitrogens with zero attached hydrogens (tertiary/aromatic N) is 3. The quantitative estimate of drug-likeness (QED) is 0.191. The van der Waals surface area contributed by atoms with Crippen molar-refractivity contribution in [3.05, 3.63) is 140 Å². The lowest BCUT2D eigenvalue weighted by molar-refractivity contribution is 1.18. The zero-order valence-corrected chi connectivity index (χ0v) is 24.3. The second-order valence-electron chi connectivity index (χ2n) is 11.4. The lowest BCUT2D eigenvalue weighted by Gasteiger charge is -2.11. The summed E-state index contributed by atoms with van der Waals surface area (Å²) in [6, 6.07) is 47.9. The van der Waals surface area contributed by atoms with Gasteiger partial charge in [0.15, 0.2) is 0 Å². The highest BCUT2D eigenvalue weighted by atomic mass is 32.1. The van der Waals surface area contributed by atoms with Crippen molar-refractivity contribution in [1.82, 2.24) is 14.5 Å². The van der Waals surface area contributed by atoms with E-state index in [0.717, 1.165) is 49.5 Å². The zero-order chi connectivity index (χ0) is 28.8. The number of fused-ring (bicyclic) bond motifs is 13. The minimum absolute atomic E-state index is 0.964. The van der Waals surface area contributed by atoms with Crippen molar-refractivity contribution >= 4 is 85.9 Å². The summed E-state index contributed by atoms with van der Waals surface area (Å²) < 4.78 is 5.08. The van der Waals surface area contributed by atoms with Gasteiger partial charge in [-0.05, 0) is 48.5 Å². The number of thiophene rings is 1. The Balaban J connectivity index is 1.16. The van der Waals surface area contributed by atoms with Crippen LogP contribution in [0.15, 0.2) is 140 Å². The van der Waals surface area contributed by atoms with Crippen LogP contribution in [0, 0.1) is 0 Å². The summed E-state index contributed by atoms with van der Waals surface area (Å²) >= 11 is 1.89. The third-order valence-corrected chi connectivity index (χ3v) is 10.2. The molecular weight excluding hydrogens is 555 g/mol. The first-order valence-electron chi connectivity index (χ1n) is 14.8.